The molecule has 0 spiro atoms. The molecule has 3 N–H and O–H groups in total. The van der Waals surface area contributed by atoms with Crippen LogP contribution in [-0.2, 0) is 10.3 Å². The number of amides is 1. The number of primary amides is 1. The molecule has 1 atom stereocenters. The lowest BCUT2D eigenvalue weighted by Gasteiger charge is -2.28. The van der Waals surface area contributed by atoms with E-state index in [2.05, 4.69) is 21.2 Å². The van der Waals surface area contributed by atoms with Gasteiger partial charge in [-0.1, -0.05) is 15.9 Å². The highest BCUT2D eigenvalue weighted by molar-refractivity contribution is 9.10. The van der Waals surface area contributed by atoms with Crippen molar-refractivity contribution in [2.75, 3.05) is 6.54 Å². The molecule has 1 aliphatic rings. The Morgan fingerprint density at radius 3 is 2.83 bits per heavy atom. The largest absolute Gasteiger partial charge is 0.368 e. The van der Waals surface area contributed by atoms with Gasteiger partial charge in [0, 0.05) is 10.0 Å². The fourth-order valence-corrected chi connectivity index (χ4v) is 2.23. The van der Waals surface area contributed by atoms with Crippen LogP contribution in [0.4, 0.5) is 4.39 Å². The Morgan fingerprint density at radius 2 is 2.28 bits per heavy atom. The molecular weight excluding hydrogens is 299 g/mol. The van der Waals surface area contributed by atoms with Crippen molar-refractivity contribution >= 4 is 21.8 Å². The number of halogens is 2. The normalized spacial score (nSPS) is 18.4. The van der Waals surface area contributed by atoms with E-state index in [1.807, 2.05) is 0 Å². The van der Waals surface area contributed by atoms with Crippen LogP contribution in [0.15, 0.2) is 22.7 Å². The maximum absolute atomic E-state index is 13.9. The van der Waals surface area contributed by atoms with E-state index >= 15 is 0 Å². The highest BCUT2D eigenvalue weighted by Gasteiger charge is 2.37. The second-order valence-corrected chi connectivity index (χ2v) is 5.85. The third kappa shape index (κ3) is 2.72. The van der Waals surface area contributed by atoms with Crippen molar-refractivity contribution in [2.45, 2.75) is 25.3 Å². The summed E-state index contributed by atoms with van der Waals surface area (Å²) in [7, 11) is 0. The maximum Gasteiger partial charge on any atom is 0.242 e. The second-order valence-electron chi connectivity index (χ2n) is 4.94. The highest BCUT2D eigenvalue weighted by Crippen LogP contribution is 2.31. The summed E-state index contributed by atoms with van der Waals surface area (Å²) < 4.78 is 14.6. The van der Waals surface area contributed by atoms with Gasteiger partial charge in [0.05, 0.1) is 0 Å². The molecule has 3 nitrogen and oxygen atoms in total. The van der Waals surface area contributed by atoms with E-state index < -0.39 is 17.3 Å². The summed E-state index contributed by atoms with van der Waals surface area (Å²) in [5, 5.41) is 3.11. The minimum absolute atomic E-state index is 0.282. The number of carbonyl (C=O) groups is 1. The van der Waals surface area contributed by atoms with Crippen molar-refractivity contribution in [1.29, 1.82) is 0 Å². The molecule has 1 aliphatic carbocycles. The molecule has 0 aliphatic heterocycles. The summed E-state index contributed by atoms with van der Waals surface area (Å²) in [6, 6.07) is 4.53. The van der Waals surface area contributed by atoms with Gasteiger partial charge in [-0.15, -0.1) is 0 Å². The zero-order valence-corrected chi connectivity index (χ0v) is 11.8. The van der Waals surface area contributed by atoms with Crippen molar-refractivity contribution in [2.24, 2.45) is 11.7 Å². The van der Waals surface area contributed by atoms with Crippen molar-refractivity contribution in [3.8, 4) is 0 Å². The summed E-state index contributed by atoms with van der Waals surface area (Å²) >= 11 is 3.28. The van der Waals surface area contributed by atoms with Gasteiger partial charge >= 0.3 is 0 Å². The van der Waals surface area contributed by atoms with E-state index in [4.69, 9.17) is 5.73 Å². The van der Waals surface area contributed by atoms with E-state index in [0.29, 0.717) is 12.5 Å². The lowest BCUT2D eigenvalue weighted by Crippen LogP contribution is -2.51. The average molecular weight is 315 g/mol. The summed E-state index contributed by atoms with van der Waals surface area (Å²) in [4.78, 5) is 11.7. The molecular formula is C13H16BrFN2O. The molecule has 1 unspecified atom stereocenters. The first-order valence-corrected chi connectivity index (χ1v) is 6.73. The number of hydrogen-bond acceptors (Lipinski definition) is 2. The first kappa shape index (κ1) is 13.5. The smallest absolute Gasteiger partial charge is 0.242 e. The predicted molar refractivity (Wildman–Crippen MR) is 71.4 cm³/mol. The third-order valence-electron chi connectivity index (χ3n) is 3.40. The van der Waals surface area contributed by atoms with E-state index in [-0.39, 0.29) is 5.56 Å². The molecule has 2 rings (SSSR count). The molecule has 1 saturated carbocycles. The number of nitrogens with two attached hydrogens (primary N) is 1. The third-order valence-corrected chi connectivity index (χ3v) is 3.89. The summed E-state index contributed by atoms with van der Waals surface area (Å²) in [6.07, 6.45) is 2.31. The molecule has 1 aromatic carbocycles. The first-order chi connectivity index (χ1) is 8.43. The monoisotopic (exact) mass is 314 g/mol. The Kier molecular flexibility index (Phi) is 3.73. The van der Waals surface area contributed by atoms with Gasteiger partial charge in [-0.25, -0.2) is 4.39 Å². The molecule has 0 heterocycles. The summed E-state index contributed by atoms with van der Waals surface area (Å²) in [6.45, 7) is 2.31. The van der Waals surface area contributed by atoms with Gasteiger partial charge in [0.1, 0.15) is 11.4 Å². The minimum Gasteiger partial charge on any atom is -0.368 e. The van der Waals surface area contributed by atoms with Crippen LogP contribution in [0.2, 0.25) is 0 Å². The van der Waals surface area contributed by atoms with E-state index in [9.17, 15) is 9.18 Å². The number of carbonyl (C=O) groups excluding carboxylic acids is 1. The van der Waals surface area contributed by atoms with Crippen LogP contribution in [0.1, 0.15) is 25.3 Å². The van der Waals surface area contributed by atoms with Crippen molar-refractivity contribution in [3.63, 3.8) is 0 Å². The molecule has 0 bridgehead atoms. The van der Waals surface area contributed by atoms with Crippen molar-refractivity contribution in [1.82, 2.24) is 5.32 Å². The SMILES string of the molecule is CC(NCC1CC1)(C(N)=O)c1cc(Br)ccc1F. The van der Waals surface area contributed by atoms with E-state index in [1.54, 1.807) is 19.1 Å². The Labute approximate surface area is 114 Å². The van der Waals surface area contributed by atoms with Gasteiger partial charge in [-0.3, -0.25) is 10.1 Å². The van der Waals surface area contributed by atoms with Crippen LogP contribution < -0.4 is 11.1 Å². The predicted octanol–water partition coefficient (Wildman–Crippen LogP) is 2.29. The van der Waals surface area contributed by atoms with Gasteiger partial charge in [0.2, 0.25) is 5.91 Å². The molecule has 18 heavy (non-hydrogen) atoms. The molecule has 0 saturated heterocycles. The molecule has 1 fully saturated rings. The fraction of sp³-hybridized carbons (Fsp3) is 0.462. The van der Waals surface area contributed by atoms with Gasteiger partial charge in [-0.2, -0.15) is 0 Å². The molecule has 98 valence electrons. The van der Waals surface area contributed by atoms with Gasteiger partial charge < -0.3 is 5.73 Å². The molecule has 0 radical (unpaired) electrons. The number of benzene rings is 1. The van der Waals surface area contributed by atoms with Crippen LogP contribution in [0.5, 0.6) is 0 Å². The fourth-order valence-electron chi connectivity index (χ4n) is 1.87. The number of rotatable bonds is 5. The topological polar surface area (TPSA) is 55.1 Å². The van der Waals surface area contributed by atoms with Crippen molar-refractivity contribution in [3.05, 3.63) is 34.1 Å². The molecule has 1 amide bonds. The molecule has 0 aromatic heterocycles. The standard InChI is InChI=1S/C13H16BrFN2O/c1-13(12(16)18,17-7-8-2-3-8)10-6-9(14)4-5-11(10)15/h4-6,8,17H,2-3,7H2,1H3,(H2,16,18). The van der Waals surface area contributed by atoms with Crippen LogP contribution in [0, 0.1) is 11.7 Å². The molecule has 1 aromatic rings. The first-order valence-electron chi connectivity index (χ1n) is 5.94. The summed E-state index contributed by atoms with van der Waals surface area (Å²) in [5.41, 5.74) is 4.56. The lowest BCUT2D eigenvalue weighted by molar-refractivity contribution is -0.124. The Bertz CT molecular complexity index is 476. The molecule has 5 heteroatoms. The summed E-state index contributed by atoms with van der Waals surface area (Å²) in [5.74, 6) is -0.415. The van der Waals surface area contributed by atoms with E-state index in [1.165, 1.54) is 6.07 Å². The zero-order valence-electron chi connectivity index (χ0n) is 10.2. The average Bonchev–Trinajstić information content (AvgIpc) is 3.13. The van der Waals surface area contributed by atoms with Crippen molar-refractivity contribution < 1.29 is 9.18 Å². The van der Waals surface area contributed by atoms with Crippen LogP contribution in [0.3, 0.4) is 0 Å². The van der Waals surface area contributed by atoms with E-state index in [0.717, 1.165) is 17.3 Å². The Morgan fingerprint density at radius 1 is 1.61 bits per heavy atom. The lowest BCUT2D eigenvalue weighted by atomic mass is 9.90. The Balaban J connectivity index is 2.31. The number of hydrogen-bond donors (Lipinski definition) is 2. The quantitative estimate of drug-likeness (QED) is 0.876. The maximum atomic E-state index is 13.9. The van der Waals surface area contributed by atoms with Crippen LogP contribution in [0.25, 0.3) is 0 Å². The number of nitrogens with one attached hydrogen (secondary N) is 1. The van der Waals surface area contributed by atoms with Crippen LogP contribution >= 0.6 is 15.9 Å². The van der Waals surface area contributed by atoms with Gasteiger partial charge in [0.15, 0.2) is 0 Å². The Hall–Kier alpha value is -0.940. The van der Waals surface area contributed by atoms with Gasteiger partial charge in [-0.05, 0) is 50.4 Å². The van der Waals surface area contributed by atoms with Crippen LogP contribution in [-0.4, -0.2) is 12.5 Å². The zero-order chi connectivity index (χ0) is 13.3. The minimum atomic E-state index is -1.17. The highest BCUT2D eigenvalue weighted by atomic mass is 79.9. The second kappa shape index (κ2) is 4.97. The van der Waals surface area contributed by atoms with Gasteiger partial charge in [0.25, 0.3) is 0 Å².